The van der Waals surface area contributed by atoms with Crippen LogP contribution in [0.25, 0.3) is 0 Å². The first-order valence-electron chi connectivity index (χ1n) is 7.61. The summed E-state index contributed by atoms with van der Waals surface area (Å²) >= 11 is 0. The Morgan fingerprint density at radius 2 is 1.95 bits per heavy atom. The van der Waals surface area contributed by atoms with E-state index in [1.807, 2.05) is 12.1 Å². The number of nitrogens with two attached hydrogens (primary N) is 1. The molecule has 2 rings (SSSR count). The first kappa shape index (κ1) is 16.9. The SMILES string of the molecule is COC(CN)C(=O)NCc1ccc(CN2CCOCC2)cc1. The molecule has 0 saturated carbocycles. The highest BCUT2D eigenvalue weighted by atomic mass is 16.5. The molecule has 0 aliphatic carbocycles. The van der Waals surface area contributed by atoms with E-state index in [1.54, 1.807) is 0 Å². The molecule has 1 aliphatic heterocycles. The standard InChI is InChI=1S/C16H25N3O3/c1-21-15(10-17)16(20)18-11-13-2-4-14(5-3-13)12-19-6-8-22-9-7-19/h2-5,15H,6-12,17H2,1H3,(H,18,20). The second kappa shape index (κ2) is 8.85. The molecule has 1 aromatic carbocycles. The van der Waals surface area contributed by atoms with Crippen LogP contribution in [0.15, 0.2) is 24.3 Å². The van der Waals surface area contributed by atoms with Gasteiger partial charge in [-0.15, -0.1) is 0 Å². The Balaban J connectivity index is 1.80. The van der Waals surface area contributed by atoms with E-state index < -0.39 is 6.10 Å². The summed E-state index contributed by atoms with van der Waals surface area (Å²) in [4.78, 5) is 14.2. The molecule has 1 unspecified atom stereocenters. The smallest absolute Gasteiger partial charge is 0.250 e. The van der Waals surface area contributed by atoms with Crippen molar-refractivity contribution in [2.45, 2.75) is 19.2 Å². The van der Waals surface area contributed by atoms with Crippen LogP contribution in [-0.4, -0.2) is 56.9 Å². The second-order valence-corrected chi connectivity index (χ2v) is 5.38. The molecule has 122 valence electrons. The Labute approximate surface area is 131 Å². The summed E-state index contributed by atoms with van der Waals surface area (Å²) in [7, 11) is 1.48. The summed E-state index contributed by atoms with van der Waals surface area (Å²) in [5.74, 6) is -0.178. The summed E-state index contributed by atoms with van der Waals surface area (Å²) in [5, 5.41) is 2.83. The van der Waals surface area contributed by atoms with Crippen molar-refractivity contribution >= 4 is 5.91 Å². The molecule has 0 spiro atoms. The van der Waals surface area contributed by atoms with Gasteiger partial charge in [0.2, 0.25) is 0 Å². The molecule has 3 N–H and O–H groups in total. The maximum absolute atomic E-state index is 11.8. The minimum atomic E-state index is -0.583. The van der Waals surface area contributed by atoms with Gasteiger partial charge in [-0.05, 0) is 11.1 Å². The van der Waals surface area contributed by atoms with Crippen LogP contribution in [0.1, 0.15) is 11.1 Å². The van der Waals surface area contributed by atoms with Gasteiger partial charge in [0.1, 0.15) is 6.10 Å². The number of amides is 1. The summed E-state index contributed by atoms with van der Waals surface area (Å²) < 4.78 is 10.3. The maximum atomic E-state index is 11.8. The highest BCUT2D eigenvalue weighted by molar-refractivity contribution is 5.80. The van der Waals surface area contributed by atoms with Gasteiger partial charge in [0, 0.05) is 39.8 Å². The molecule has 1 saturated heterocycles. The maximum Gasteiger partial charge on any atom is 0.250 e. The zero-order valence-corrected chi connectivity index (χ0v) is 13.1. The molecule has 1 heterocycles. The normalized spacial score (nSPS) is 17.2. The summed E-state index contributed by atoms with van der Waals surface area (Å²) in [6.45, 7) is 5.19. The van der Waals surface area contributed by atoms with Gasteiger partial charge in [0.05, 0.1) is 13.2 Å². The van der Waals surface area contributed by atoms with Crippen molar-refractivity contribution in [2.75, 3.05) is 40.0 Å². The van der Waals surface area contributed by atoms with E-state index in [-0.39, 0.29) is 12.5 Å². The van der Waals surface area contributed by atoms with Crippen molar-refractivity contribution in [1.82, 2.24) is 10.2 Å². The number of benzene rings is 1. The van der Waals surface area contributed by atoms with Crippen molar-refractivity contribution in [3.63, 3.8) is 0 Å². The Hall–Kier alpha value is -1.47. The molecular weight excluding hydrogens is 282 g/mol. The van der Waals surface area contributed by atoms with E-state index in [4.69, 9.17) is 15.2 Å². The van der Waals surface area contributed by atoms with Crippen molar-refractivity contribution < 1.29 is 14.3 Å². The minimum Gasteiger partial charge on any atom is -0.379 e. The van der Waals surface area contributed by atoms with Crippen LogP contribution in [0.5, 0.6) is 0 Å². The van der Waals surface area contributed by atoms with Crippen LogP contribution in [0.4, 0.5) is 0 Å². The number of nitrogens with zero attached hydrogens (tertiary/aromatic N) is 1. The number of hydrogen-bond acceptors (Lipinski definition) is 5. The zero-order chi connectivity index (χ0) is 15.8. The third kappa shape index (κ3) is 5.06. The molecule has 1 fully saturated rings. The molecule has 1 aromatic rings. The second-order valence-electron chi connectivity index (χ2n) is 5.38. The molecular formula is C16H25N3O3. The predicted molar refractivity (Wildman–Crippen MR) is 84.2 cm³/mol. The number of carbonyl (C=O) groups is 1. The Morgan fingerprint density at radius 1 is 1.32 bits per heavy atom. The fraction of sp³-hybridized carbons (Fsp3) is 0.562. The number of morpholine rings is 1. The third-order valence-electron chi connectivity index (χ3n) is 3.79. The van der Waals surface area contributed by atoms with Crippen LogP contribution in [-0.2, 0) is 27.4 Å². The molecule has 0 radical (unpaired) electrons. The Morgan fingerprint density at radius 3 is 2.55 bits per heavy atom. The molecule has 22 heavy (non-hydrogen) atoms. The van der Waals surface area contributed by atoms with Gasteiger partial charge in [-0.1, -0.05) is 24.3 Å². The van der Waals surface area contributed by atoms with Crippen molar-refractivity contribution in [1.29, 1.82) is 0 Å². The van der Waals surface area contributed by atoms with Gasteiger partial charge in [-0.25, -0.2) is 0 Å². The molecule has 6 heteroatoms. The number of nitrogens with one attached hydrogen (secondary N) is 1. The number of ether oxygens (including phenoxy) is 2. The van der Waals surface area contributed by atoms with E-state index in [0.29, 0.717) is 6.54 Å². The Kier molecular flexibility index (Phi) is 6.79. The van der Waals surface area contributed by atoms with E-state index in [9.17, 15) is 4.79 Å². The fourth-order valence-corrected chi connectivity index (χ4v) is 2.39. The number of methoxy groups -OCH3 is 1. The number of carbonyl (C=O) groups excluding carboxylic acids is 1. The third-order valence-corrected chi connectivity index (χ3v) is 3.79. The van der Waals surface area contributed by atoms with Crippen molar-refractivity contribution in [3.05, 3.63) is 35.4 Å². The van der Waals surface area contributed by atoms with Gasteiger partial charge >= 0.3 is 0 Å². The van der Waals surface area contributed by atoms with Gasteiger partial charge in [-0.3, -0.25) is 9.69 Å². The highest BCUT2D eigenvalue weighted by Crippen LogP contribution is 2.09. The molecule has 1 aliphatic rings. The molecule has 0 aromatic heterocycles. The quantitative estimate of drug-likeness (QED) is 0.748. The van der Waals surface area contributed by atoms with Crippen LogP contribution in [0.2, 0.25) is 0 Å². The van der Waals surface area contributed by atoms with Gasteiger partial charge in [0.15, 0.2) is 0 Å². The summed E-state index contributed by atoms with van der Waals surface area (Å²) in [6, 6.07) is 8.29. The topological polar surface area (TPSA) is 76.8 Å². The van der Waals surface area contributed by atoms with Gasteiger partial charge in [0.25, 0.3) is 5.91 Å². The minimum absolute atomic E-state index is 0.178. The van der Waals surface area contributed by atoms with Gasteiger partial charge < -0.3 is 20.5 Å². The number of hydrogen-bond donors (Lipinski definition) is 2. The Bertz CT molecular complexity index is 454. The average molecular weight is 307 g/mol. The zero-order valence-electron chi connectivity index (χ0n) is 13.1. The lowest BCUT2D eigenvalue weighted by molar-refractivity contribution is -0.130. The summed E-state index contributed by atoms with van der Waals surface area (Å²) in [6.07, 6.45) is -0.583. The van der Waals surface area contributed by atoms with E-state index in [1.165, 1.54) is 12.7 Å². The first-order chi connectivity index (χ1) is 10.7. The molecule has 0 bridgehead atoms. The van der Waals surface area contributed by atoms with Crippen LogP contribution in [0.3, 0.4) is 0 Å². The lowest BCUT2D eigenvalue weighted by Crippen LogP contribution is -2.40. The van der Waals surface area contributed by atoms with Gasteiger partial charge in [-0.2, -0.15) is 0 Å². The largest absolute Gasteiger partial charge is 0.379 e. The lowest BCUT2D eigenvalue weighted by Gasteiger charge is -2.26. The van der Waals surface area contributed by atoms with Crippen LogP contribution >= 0.6 is 0 Å². The molecule has 6 nitrogen and oxygen atoms in total. The van der Waals surface area contributed by atoms with Crippen LogP contribution in [0, 0.1) is 0 Å². The van der Waals surface area contributed by atoms with Crippen LogP contribution < -0.4 is 11.1 Å². The highest BCUT2D eigenvalue weighted by Gasteiger charge is 2.15. The van der Waals surface area contributed by atoms with Crippen molar-refractivity contribution in [2.24, 2.45) is 5.73 Å². The molecule has 1 amide bonds. The fourth-order valence-electron chi connectivity index (χ4n) is 2.39. The monoisotopic (exact) mass is 307 g/mol. The lowest BCUT2D eigenvalue weighted by atomic mass is 10.1. The summed E-state index contributed by atoms with van der Waals surface area (Å²) in [5.41, 5.74) is 7.80. The van der Waals surface area contributed by atoms with Crippen molar-refractivity contribution in [3.8, 4) is 0 Å². The predicted octanol–water partition coefficient (Wildman–Crippen LogP) is 0.109. The average Bonchev–Trinajstić information content (AvgIpc) is 2.56. The number of rotatable bonds is 7. The molecule has 1 atom stereocenters. The van der Waals surface area contributed by atoms with E-state index >= 15 is 0 Å². The van der Waals surface area contributed by atoms with E-state index in [0.717, 1.165) is 38.4 Å². The van der Waals surface area contributed by atoms with E-state index in [2.05, 4.69) is 22.3 Å². The first-order valence-corrected chi connectivity index (χ1v) is 7.61.